The summed E-state index contributed by atoms with van der Waals surface area (Å²) in [6.45, 7) is 0.110. The summed E-state index contributed by atoms with van der Waals surface area (Å²) in [5, 5.41) is 12.4. The van der Waals surface area contributed by atoms with Gasteiger partial charge >= 0.3 is 125 Å². The van der Waals surface area contributed by atoms with Crippen LogP contribution in [0.15, 0.2) is 24.3 Å². The zero-order valence-electron chi connectivity index (χ0n) is 10.4. The van der Waals surface area contributed by atoms with Crippen LogP contribution in [0.25, 0.3) is 0 Å². The number of amides is 1. The molecule has 1 amide bonds. The summed E-state index contributed by atoms with van der Waals surface area (Å²) in [5.41, 5.74) is 0.784. The van der Waals surface area contributed by atoms with Gasteiger partial charge in [0.2, 0.25) is 0 Å². The molecule has 0 fully saturated rings. The first-order valence-electron chi connectivity index (χ1n) is 5.75. The second-order valence-corrected chi connectivity index (χ2v) is 14.0. The number of carbonyl (C=O) groups excluding carboxylic acids is 1. The van der Waals surface area contributed by atoms with Crippen molar-refractivity contribution in [1.82, 2.24) is 5.32 Å². The van der Waals surface area contributed by atoms with Gasteiger partial charge in [0.25, 0.3) is 0 Å². The van der Waals surface area contributed by atoms with E-state index in [1.807, 2.05) is 12.1 Å². The molecule has 1 atom stereocenters. The minimum atomic E-state index is -1.46. The molecule has 0 spiro atoms. The van der Waals surface area contributed by atoms with E-state index in [4.69, 9.17) is 23.2 Å². The van der Waals surface area contributed by atoms with Gasteiger partial charge in [-0.25, -0.2) is 0 Å². The molecule has 0 aliphatic carbocycles. The minimum absolute atomic E-state index is 0.110. The average molecular weight is 397 g/mol. The van der Waals surface area contributed by atoms with Crippen molar-refractivity contribution in [2.24, 2.45) is 0 Å². The van der Waals surface area contributed by atoms with E-state index < -0.39 is 36.6 Å². The van der Waals surface area contributed by atoms with Gasteiger partial charge in [-0.3, -0.25) is 0 Å². The summed E-state index contributed by atoms with van der Waals surface area (Å²) in [5.74, 6) is -0.493. The number of aliphatic hydroxyl groups is 1. The Morgan fingerprint density at radius 1 is 1.33 bits per heavy atom. The molecule has 0 heterocycles. The molecule has 3 nitrogen and oxygen atoms in total. The molecule has 1 aromatic carbocycles. The topological polar surface area (TPSA) is 49.3 Å². The van der Waals surface area contributed by atoms with Crippen LogP contribution in [-0.2, 0) is 4.79 Å². The molecule has 1 aromatic rings. The van der Waals surface area contributed by atoms with Crippen molar-refractivity contribution in [2.45, 2.75) is 20.8 Å². The van der Waals surface area contributed by atoms with Gasteiger partial charge in [0.1, 0.15) is 0 Å². The van der Waals surface area contributed by atoms with Crippen molar-refractivity contribution in [1.29, 1.82) is 0 Å². The number of carbonyl (C=O) groups is 1. The molecule has 0 aliphatic rings. The van der Waals surface area contributed by atoms with E-state index in [0.29, 0.717) is 0 Å². The molecule has 2 N–H and O–H groups in total. The zero-order chi connectivity index (χ0) is 13.7. The van der Waals surface area contributed by atoms with E-state index in [9.17, 15) is 9.90 Å². The molecule has 18 heavy (non-hydrogen) atoms. The Labute approximate surface area is 124 Å². The monoisotopic (exact) mass is 397 g/mol. The molecule has 0 unspecified atom stereocenters. The van der Waals surface area contributed by atoms with Gasteiger partial charge in [0.05, 0.1) is 0 Å². The van der Waals surface area contributed by atoms with Crippen molar-refractivity contribution in [3.63, 3.8) is 0 Å². The fourth-order valence-electron chi connectivity index (χ4n) is 1.50. The average Bonchev–Trinajstić information content (AvgIpc) is 2.35. The first kappa shape index (κ1) is 16.1. The van der Waals surface area contributed by atoms with Gasteiger partial charge in [-0.2, -0.15) is 0 Å². The molecule has 0 aliphatic heterocycles. The quantitative estimate of drug-likeness (QED) is 0.583. The Kier molecular flexibility index (Phi) is 6.77. The van der Waals surface area contributed by atoms with Crippen LogP contribution in [0.1, 0.15) is 11.7 Å². The van der Waals surface area contributed by atoms with Crippen LogP contribution < -0.4 is 8.90 Å². The van der Waals surface area contributed by atoms with Crippen LogP contribution in [0.3, 0.4) is 0 Å². The summed E-state index contributed by atoms with van der Waals surface area (Å²) in [6, 6.07) is 7.93. The summed E-state index contributed by atoms with van der Waals surface area (Å²) in [4.78, 5) is 14.7. The number of halogens is 2. The first-order valence-corrected chi connectivity index (χ1v) is 14.9. The number of alkyl halides is 2. The van der Waals surface area contributed by atoms with Crippen molar-refractivity contribution in [2.75, 3.05) is 6.54 Å². The number of hydrogen-bond acceptors (Lipinski definition) is 2. The van der Waals surface area contributed by atoms with E-state index in [0.717, 1.165) is 5.56 Å². The Morgan fingerprint density at radius 3 is 2.33 bits per heavy atom. The Bertz CT molecular complexity index is 396. The molecular weight excluding hydrogens is 380 g/mol. The fraction of sp³-hybridized carbons (Fsp3) is 0.417. The number of rotatable bonds is 5. The van der Waals surface area contributed by atoms with Gasteiger partial charge in [-0.05, 0) is 0 Å². The van der Waals surface area contributed by atoms with Crippen LogP contribution in [0.2, 0.25) is 9.88 Å². The van der Waals surface area contributed by atoms with Crippen molar-refractivity contribution >= 4 is 52.4 Å². The van der Waals surface area contributed by atoms with Crippen molar-refractivity contribution in [3.8, 4) is 0 Å². The summed E-state index contributed by atoms with van der Waals surface area (Å²) in [6.07, 6.45) is -0.738. The number of nitrogens with one attached hydrogen (secondary N) is 1. The molecule has 0 aromatic heterocycles. The summed E-state index contributed by atoms with van der Waals surface area (Å²) >= 11 is 9.33. The van der Waals surface area contributed by atoms with Gasteiger partial charge < -0.3 is 0 Å². The number of hydrogen-bond donors (Lipinski definition) is 2. The van der Waals surface area contributed by atoms with Crippen molar-refractivity contribution in [3.05, 3.63) is 29.8 Å². The third-order valence-electron chi connectivity index (χ3n) is 2.66. The van der Waals surface area contributed by atoms with E-state index in [1.54, 1.807) is 0 Å². The second kappa shape index (κ2) is 7.58. The predicted octanol–water partition coefficient (Wildman–Crippen LogP) is 1.33. The SMILES string of the molecule is [CH3][SnH]([CH3])[c]1ccc([C@@H](O)CNC(=O)C(Cl)Cl)cc1. The summed E-state index contributed by atoms with van der Waals surface area (Å²) < 4.78 is 1.42. The Balaban J connectivity index is 2.56. The van der Waals surface area contributed by atoms with Crippen LogP contribution in [0.4, 0.5) is 0 Å². The molecule has 0 bridgehead atoms. The zero-order valence-corrected chi connectivity index (χ0v) is 15.2. The fourth-order valence-corrected chi connectivity index (χ4v) is 4.40. The van der Waals surface area contributed by atoms with E-state index >= 15 is 0 Å². The number of aliphatic hydroxyl groups excluding tert-OH is 1. The maximum atomic E-state index is 11.1. The molecule has 0 saturated carbocycles. The standard InChI is InChI=1S/C10H10Cl2NO2.2CH3.Sn.H/c11-9(12)10(15)13-6-8(14)7-4-2-1-3-5-7;;;;/h2-5,8-9,14H,6H2,(H,13,15);2*1H3;;/t8-;;;;/m0..../s1. The maximum absolute atomic E-state index is 11.1. The molecule has 0 saturated heterocycles. The van der Waals surface area contributed by atoms with Crippen molar-refractivity contribution < 1.29 is 9.90 Å². The van der Waals surface area contributed by atoms with E-state index in [2.05, 4.69) is 27.3 Å². The van der Waals surface area contributed by atoms with Crippen LogP contribution in [0, 0.1) is 0 Å². The number of benzene rings is 1. The normalized spacial score (nSPS) is 12.8. The van der Waals surface area contributed by atoms with E-state index in [-0.39, 0.29) is 6.54 Å². The second-order valence-electron chi connectivity index (χ2n) is 4.38. The van der Waals surface area contributed by atoms with E-state index in [1.165, 1.54) is 3.58 Å². The molecule has 100 valence electrons. The molecule has 1 rings (SSSR count). The predicted molar refractivity (Wildman–Crippen MR) is 78.4 cm³/mol. The molecule has 6 heteroatoms. The Hall–Kier alpha value is 0.0287. The summed E-state index contributed by atoms with van der Waals surface area (Å²) in [7, 11) is 0. The van der Waals surface area contributed by atoms with Crippen LogP contribution >= 0.6 is 23.2 Å². The van der Waals surface area contributed by atoms with Gasteiger partial charge in [0.15, 0.2) is 0 Å². The van der Waals surface area contributed by atoms with Crippen LogP contribution in [-0.4, -0.2) is 42.2 Å². The Morgan fingerprint density at radius 2 is 1.89 bits per heavy atom. The third-order valence-corrected chi connectivity index (χ3v) is 7.96. The first-order chi connectivity index (χ1) is 8.41. The van der Waals surface area contributed by atoms with Gasteiger partial charge in [-0.1, -0.05) is 0 Å². The third kappa shape index (κ3) is 4.96. The van der Waals surface area contributed by atoms with Crippen LogP contribution in [0.5, 0.6) is 0 Å². The van der Waals surface area contributed by atoms with Gasteiger partial charge in [-0.15, -0.1) is 0 Å². The molecular formula is C12H17Cl2NO2Sn. The molecule has 0 radical (unpaired) electrons. The van der Waals surface area contributed by atoms with Gasteiger partial charge in [0, 0.05) is 0 Å².